The van der Waals surface area contributed by atoms with Crippen molar-refractivity contribution in [1.29, 1.82) is 0 Å². The molecule has 0 radical (unpaired) electrons. The molecule has 2 N–H and O–H groups in total. The van der Waals surface area contributed by atoms with Crippen molar-refractivity contribution >= 4 is 11.5 Å². The van der Waals surface area contributed by atoms with Gasteiger partial charge in [0.25, 0.3) is 0 Å². The molecule has 1 aromatic rings. The van der Waals surface area contributed by atoms with Crippen LogP contribution in [0.3, 0.4) is 0 Å². The fourth-order valence-electron chi connectivity index (χ4n) is 1.38. The van der Waals surface area contributed by atoms with E-state index >= 15 is 0 Å². The molecule has 0 saturated heterocycles. The van der Waals surface area contributed by atoms with Crippen molar-refractivity contribution in [2.45, 2.75) is 6.42 Å². The first-order valence-electron chi connectivity index (χ1n) is 3.80. The predicted molar refractivity (Wildman–Crippen MR) is 48.0 cm³/mol. The monoisotopic (exact) mass is 162 g/mol. The number of nitrogens with zero attached hydrogens (tertiary/aromatic N) is 1. The summed E-state index contributed by atoms with van der Waals surface area (Å²) in [7, 11) is 1.64. The molecule has 0 saturated carbocycles. The summed E-state index contributed by atoms with van der Waals surface area (Å²) in [5.74, 6) is 1.46. The molecule has 0 unspecified atom stereocenters. The first kappa shape index (κ1) is 7.16. The second-order valence-electron chi connectivity index (χ2n) is 2.75. The molecule has 0 atom stereocenters. The molecular formula is C9H10N2O. The van der Waals surface area contributed by atoms with E-state index in [2.05, 4.69) is 4.99 Å². The minimum atomic E-state index is 0.662. The summed E-state index contributed by atoms with van der Waals surface area (Å²) in [5, 5.41) is 0. The van der Waals surface area contributed by atoms with Crippen LogP contribution in [0, 0.1) is 0 Å². The van der Waals surface area contributed by atoms with Crippen LogP contribution in [0.15, 0.2) is 23.2 Å². The predicted octanol–water partition coefficient (Wildman–Crippen LogP) is 1.24. The summed E-state index contributed by atoms with van der Waals surface area (Å²) in [4.78, 5) is 4.19. The molecule has 12 heavy (non-hydrogen) atoms. The van der Waals surface area contributed by atoms with Gasteiger partial charge in [0.15, 0.2) is 0 Å². The zero-order valence-corrected chi connectivity index (χ0v) is 6.87. The van der Waals surface area contributed by atoms with Gasteiger partial charge in [-0.2, -0.15) is 0 Å². The largest absolute Gasteiger partial charge is 0.494 e. The van der Waals surface area contributed by atoms with Crippen LogP contribution >= 0.6 is 0 Å². The van der Waals surface area contributed by atoms with Gasteiger partial charge in [-0.15, -0.1) is 0 Å². The molecule has 0 fully saturated rings. The third-order valence-corrected chi connectivity index (χ3v) is 1.93. The van der Waals surface area contributed by atoms with Gasteiger partial charge in [-0.05, 0) is 11.6 Å². The number of para-hydroxylation sites is 1. The topological polar surface area (TPSA) is 47.6 Å². The second-order valence-corrected chi connectivity index (χ2v) is 2.75. The number of methoxy groups -OCH3 is 1. The van der Waals surface area contributed by atoms with E-state index < -0.39 is 0 Å². The maximum atomic E-state index is 5.60. The quantitative estimate of drug-likeness (QED) is 0.675. The number of hydrogen-bond acceptors (Lipinski definition) is 3. The Morgan fingerprint density at radius 2 is 2.33 bits per heavy atom. The van der Waals surface area contributed by atoms with E-state index in [1.807, 2.05) is 18.2 Å². The van der Waals surface area contributed by atoms with Gasteiger partial charge in [0, 0.05) is 6.42 Å². The van der Waals surface area contributed by atoms with Crippen molar-refractivity contribution < 1.29 is 4.74 Å². The molecule has 0 aliphatic carbocycles. The normalized spacial score (nSPS) is 13.9. The highest BCUT2D eigenvalue weighted by molar-refractivity contribution is 5.92. The van der Waals surface area contributed by atoms with Crippen molar-refractivity contribution in [1.82, 2.24) is 0 Å². The van der Waals surface area contributed by atoms with E-state index in [9.17, 15) is 0 Å². The smallest absolute Gasteiger partial charge is 0.144 e. The van der Waals surface area contributed by atoms with Gasteiger partial charge >= 0.3 is 0 Å². The van der Waals surface area contributed by atoms with Crippen LogP contribution in [-0.2, 0) is 6.42 Å². The van der Waals surface area contributed by atoms with Gasteiger partial charge < -0.3 is 10.5 Å². The first-order chi connectivity index (χ1) is 5.81. The molecule has 0 bridgehead atoms. The molecule has 3 nitrogen and oxygen atoms in total. The number of rotatable bonds is 1. The molecular weight excluding hydrogens is 152 g/mol. The number of aliphatic imine (C=N–C) groups is 1. The summed E-state index contributed by atoms with van der Waals surface area (Å²) in [6.07, 6.45) is 0.743. The number of benzene rings is 1. The average Bonchev–Trinajstić information content (AvgIpc) is 2.44. The third kappa shape index (κ3) is 0.942. The van der Waals surface area contributed by atoms with E-state index in [1.165, 1.54) is 0 Å². The summed E-state index contributed by atoms with van der Waals surface area (Å²) in [5.41, 5.74) is 7.63. The Morgan fingerprint density at radius 1 is 1.50 bits per heavy atom. The number of nitrogens with two attached hydrogens (primary N) is 1. The molecule has 3 heteroatoms. The zero-order chi connectivity index (χ0) is 8.55. The number of hydrogen-bond donors (Lipinski definition) is 1. The minimum Gasteiger partial charge on any atom is -0.494 e. The standard InChI is InChI=1S/C9H10N2O/c1-12-7-4-2-3-6-5-8(10)11-9(6)7/h2-4H,5H2,1H3,(H2,10,11). The van der Waals surface area contributed by atoms with Gasteiger partial charge in [0.2, 0.25) is 0 Å². The number of fused-ring (bicyclic) bond motifs is 1. The molecule has 1 aliphatic heterocycles. The zero-order valence-electron chi connectivity index (χ0n) is 6.87. The summed E-state index contributed by atoms with van der Waals surface area (Å²) in [6, 6.07) is 5.86. The highest BCUT2D eigenvalue weighted by atomic mass is 16.5. The Labute approximate surface area is 70.9 Å². The van der Waals surface area contributed by atoms with Crippen molar-refractivity contribution in [3.63, 3.8) is 0 Å². The third-order valence-electron chi connectivity index (χ3n) is 1.93. The molecule has 0 aromatic heterocycles. The average molecular weight is 162 g/mol. The van der Waals surface area contributed by atoms with E-state index in [0.29, 0.717) is 5.84 Å². The van der Waals surface area contributed by atoms with Gasteiger partial charge in [-0.3, -0.25) is 0 Å². The lowest BCUT2D eigenvalue weighted by atomic mass is 10.1. The van der Waals surface area contributed by atoms with Gasteiger partial charge in [0.05, 0.1) is 7.11 Å². The van der Waals surface area contributed by atoms with Crippen LogP contribution in [0.4, 0.5) is 5.69 Å². The van der Waals surface area contributed by atoms with Crippen LogP contribution in [0.1, 0.15) is 5.56 Å². The molecule has 1 heterocycles. The van der Waals surface area contributed by atoms with Crippen LogP contribution in [0.25, 0.3) is 0 Å². The van der Waals surface area contributed by atoms with Crippen molar-refractivity contribution in [3.8, 4) is 5.75 Å². The van der Waals surface area contributed by atoms with Crippen molar-refractivity contribution in [3.05, 3.63) is 23.8 Å². The van der Waals surface area contributed by atoms with Crippen LogP contribution in [0.2, 0.25) is 0 Å². The molecule has 1 aliphatic rings. The first-order valence-corrected chi connectivity index (χ1v) is 3.80. The fourth-order valence-corrected chi connectivity index (χ4v) is 1.38. The van der Waals surface area contributed by atoms with Crippen molar-refractivity contribution in [2.24, 2.45) is 10.7 Å². The molecule has 62 valence electrons. The van der Waals surface area contributed by atoms with E-state index in [-0.39, 0.29) is 0 Å². The van der Waals surface area contributed by atoms with E-state index in [4.69, 9.17) is 10.5 Å². The molecule has 1 aromatic carbocycles. The van der Waals surface area contributed by atoms with Gasteiger partial charge in [0.1, 0.15) is 17.3 Å². The lowest BCUT2D eigenvalue weighted by molar-refractivity contribution is 0.416. The summed E-state index contributed by atoms with van der Waals surface area (Å²) >= 11 is 0. The molecule has 0 amide bonds. The lowest BCUT2D eigenvalue weighted by Gasteiger charge is -2.02. The molecule has 2 rings (SSSR count). The maximum absolute atomic E-state index is 5.60. The second kappa shape index (κ2) is 2.52. The highest BCUT2D eigenvalue weighted by Gasteiger charge is 2.15. The lowest BCUT2D eigenvalue weighted by Crippen LogP contribution is -2.09. The number of ether oxygens (including phenoxy) is 1. The van der Waals surface area contributed by atoms with Gasteiger partial charge in [-0.1, -0.05) is 12.1 Å². The Kier molecular flexibility index (Phi) is 1.50. The minimum absolute atomic E-state index is 0.662. The van der Waals surface area contributed by atoms with E-state index in [0.717, 1.165) is 23.4 Å². The van der Waals surface area contributed by atoms with Crippen LogP contribution in [-0.4, -0.2) is 12.9 Å². The van der Waals surface area contributed by atoms with Crippen LogP contribution in [0.5, 0.6) is 5.75 Å². The SMILES string of the molecule is COc1cccc2c1N=C(N)C2. The number of amidine groups is 1. The highest BCUT2D eigenvalue weighted by Crippen LogP contribution is 2.34. The Morgan fingerprint density at radius 3 is 3.08 bits per heavy atom. The fraction of sp³-hybridized carbons (Fsp3) is 0.222. The van der Waals surface area contributed by atoms with Gasteiger partial charge in [-0.25, -0.2) is 4.99 Å². The van der Waals surface area contributed by atoms with Crippen LogP contribution < -0.4 is 10.5 Å². The molecule has 0 spiro atoms. The summed E-state index contributed by atoms with van der Waals surface area (Å²) in [6.45, 7) is 0. The van der Waals surface area contributed by atoms with E-state index in [1.54, 1.807) is 7.11 Å². The maximum Gasteiger partial charge on any atom is 0.144 e. The van der Waals surface area contributed by atoms with Crippen molar-refractivity contribution in [2.75, 3.05) is 7.11 Å². The Hall–Kier alpha value is -1.51. The summed E-state index contributed by atoms with van der Waals surface area (Å²) < 4.78 is 5.14. The Bertz CT molecular complexity index is 344. The Balaban J connectivity index is 2.55.